The first-order valence-electron chi connectivity index (χ1n) is 41.4. The predicted molar refractivity (Wildman–Crippen MR) is 454 cm³/mol. The lowest BCUT2D eigenvalue weighted by Gasteiger charge is -2.27. The molecule has 18 rings (SSSR count). The summed E-state index contributed by atoms with van der Waals surface area (Å²) in [5.74, 6) is 0.845. The number of carbonyl (C=O) groups is 5. The number of aromatic nitrogens is 12. The van der Waals surface area contributed by atoms with Gasteiger partial charge < -0.3 is 55.2 Å². The van der Waals surface area contributed by atoms with Crippen molar-refractivity contribution < 1.29 is 78.1 Å². The molecule has 0 aliphatic heterocycles. The Bertz CT molecular complexity index is 5930. The highest BCUT2D eigenvalue weighted by atomic mass is 19.3. The summed E-state index contributed by atoms with van der Waals surface area (Å²) in [6.07, 6.45) is 15.9. The minimum absolute atomic E-state index is 0.0215. The molecular weight excluding hydrogens is 1640 g/mol. The van der Waals surface area contributed by atoms with Crippen LogP contribution >= 0.6 is 0 Å². The Hall–Kier alpha value is -13.5. The number of alkyl halides is 6. The Morgan fingerprint density at radius 3 is 1.22 bits per heavy atom. The predicted octanol–water partition coefficient (Wildman–Crippen LogP) is 19.2. The van der Waals surface area contributed by atoms with E-state index in [1.54, 1.807) is 75.5 Å². The number of benzene rings is 3. The Morgan fingerprint density at radius 2 is 0.865 bits per heavy atom. The average molecular weight is 1730 g/mol. The summed E-state index contributed by atoms with van der Waals surface area (Å²) in [7, 11) is 0. The van der Waals surface area contributed by atoms with E-state index in [0.717, 1.165) is 81.7 Å². The molecule has 0 atom stereocenters. The van der Waals surface area contributed by atoms with Crippen LogP contribution in [0.25, 0.3) is 51.4 Å². The molecule has 0 unspecified atom stereocenters. The number of oxazole rings is 3. The molecule has 0 radical (unpaired) electrons. The fourth-order valence-corrected chi connectivity index (χ4v) is 13.4. The number of nitrogen functional groups attached to an aromatic ring is 1. The number of amides is 4. The monoisotopic (exact) mass is 1730 g/mol. The van der Waals surface area contributed by atoms with Crippen molar-refractivity contribution in [2.45, 2.75) is 179 Å². The van der Waals surface area contributed by atoms with Crippen molar-refractivity contribution in [1.82, 2.24) is 59.2 Å². The number of hydrogen-bond acceptors (Lipinski definition) is 22. The molecule has 6 aliphatic rings. The highest BCUT2D eigenvalue weighted by molar-refractivity contribution is 6.04. The summed E-state index contributed by atoms with van der Waals surface area (Å²) in [6.45, 7) is 17.1. The van der Waals surface area contributed by atoms with Gasteiger partial charge in [-0.2, -0.15) is 15.3 Å². The molecule has 0 spiro atoms. The minimum atomic E-state index is -2.91. The minimum Gasteiger partial charge on any atom is -0.476 e. The maximum absolute atomic E-state index is 13.9. The lowest BCUT2D eigenvalue weighted by molar-refractivity contribution is 0.0566. The van der Waals surface area contributed by atoms with Crippen LogP contribution in [0, 0.1) is 17.8 Å². The van der Waals surface area contributed by atoms with Crippen LogP contribution in [0.4, 0.5) is 70.4 Å². The molecule has 9 aromatic heterocycles. The number of nitrogens with one attached hydrogen (secondary N) is 3. The van der Waals surface area contributed by atoms with Gasteiger partial charge in [0.2, 0.25) is 17.7 Å². The van der Waals surface area contributed by atoms with E-state index in [0.29, 0.717) is 81.8 Å². The molecule has 6 saturated carbocycles. The van der Waals surface area contributed by atoms with E-state index in [9.17, 15) is 50.3 Å². The Morgan fingerprint density at radius 1 is 0.500 bits per heavy atom. The smallest absolute Gasteiger partial charge is 0.416 e. The number of ether oxygens (including phenoxy) is 2. The van der Waals surface area contributed by atoms with Crippen LogP contribution in [0.15, 0.2) is 178 Å². The molecule has 658 valence electrons. The van der Waals surface area contributed by atoms with Crippen LogP contribution in [0.2, 0.25) is 0 Å². The van der Waals surface area contributed by atoms with Crippen molar-refractivity contribution in [1.29, 1.82) is 0 Å². The Balaban J connectivity index is 0.000000135. The fraction of sp³-hybridized carbons (Fsp3) is 0.378. The normalized spacial score (nSPS) is 15.7. The lowest BCUT2D eigenvalue weighted by Crippen LogP contribution is -2.38. The number of anilines is 6. The summed E-state index contributed by atoms with van der Waals surface area (Å²) in [6, 6.07) is 32.8. The van der Waals surface area contributed by atoms with Gasteiger partial charge in [0, 0.05) is 60.5 Å². The van der Waals surface area contributed by atoms with Crippen LogP contribution in [0.3, 0.4) is 0 Å². The van der Waals surface area contributed by atoms with Gasteiger partial charge in [0.05, 0.1) is 52.7 Å². The molecule has 4 amide bonds. The number of nitrogens with zero attached hydrogens (tertiary/aromatic N) is 14. The van der Waals surface area contributed by atoms with Crippen LogP contribution in [-0.4, -0.2) is 125 Å². The average Bonchev–Trinajstić information content (AvgIpc) is 1.63. The van der Waals surface area contributed by atoms with Crippen molar-refractivity contribution >= 4 is 64.5 Å². The zero-order valence-electron chi connectivity index (χ0n) is 70.4. The van der Waals surface area contributed by atoms with Crippen molar-refractivity contribution in [3.8, 4) is 51.4 Å². The van der Waals surface area contributed by atoms with E-state index in [-0.39, 0.29) is 68.5 Å². The zero-order valence-corrected chi connectivity index (χ0v) is 70.4. The fourth-order valence-electron chi connectivity index (χ4n) is 13.4. The van der Waals surface area contributed by atoms with Gasteiger partial charge in [-0.05, 0) is 237 Å². The molecule has 12 aromatic rings. The number of halogens is 6. The maximum Gasteiger partial charge on any atom is 0.416 e. The van der Waals surface area contributed by atoms with Gasteiger partial charge >= 0.3 is 18.2 Å². The molecule has 9 heterocycles. The third-order valence-corrected chi connectivity index (χ3v) is 22.0. The number of aromatic carboxylic acids is 1. The summed E-state index contributed by atoms with van der Waals surface area (Å²) in [5.41, 5.74) is 15.6. The number of carboxylic acid groups (broad SMARTS) is 1. The number of carboxylic acids is 1. The van der Waals surface area contributed by atoms with Gasteiger partial charge in [-0.3, -0.25) is 19.4 Å². The number of carbonyl (C=O) groups excluding carboxylic acids is 4. The first kappa shape index (κ1) is 87.4. The highest BCUT2D eigenvalue weighted by Crippen LogP contribution is 2.49. The first-order chi connectivity index (χ1) is 60.0. The molecule has 6 fully saturated rings. The van der Waals surface area contributed by atoms with Gasteiger partial charge in [0.1, 0.15) is 47.4 Å². The number of hydrogen-bond donors (Lipinski definition) is 6. The third kappa shape index (κ3) is 21.8. The topological polar surface area (TPSA) is 389 Å². The lowest BCUT2D eigenvalue weighted by atomic mass is 9.98. The molecule has 0 bridgehead atoms. The van der Waals surface area contributed by atoms with Crippen molar-refractivity contribution in [2.24, 2.45) is 23.5 Å². The van der Waals surface area contributed by atoms with Crippen molar-refractivity contribution in [3.63, 3.8) is 0 Å². The summed E-state index contributed by atoms with van der Waals surface area (Å²) in [4.78, 5) is 90.8. The molecule has 0 saturated heterocycles. The summed E-state index contributed by atoms with van der Waals surface area (Å²) < 4.78 is 112. The molecule has 6 aliphatic carbocycles. The SMILES string of the molecule is CC(C)(C)OC(=O)N(CC1CC1)c1cc(-c2nc(C(=O)Nc3cn(-c4ccc(C5(C)CC5)cc4)nc3C(F)F)co2)ccn1.CC(C)(C)OC(=O)N(CC1CC1)c1cc(-c2nc(C(=O)O)co2)ccn1.CC1(c2ccc(-n3cc(N)c(C(F)F)n3)cc2)CC1.NC1(c2ccc(-n3cc(NC(=O)c4coc(-c5ccnc(NCC6CC6)c5)n4)c(C(F)F)n3)cc2)CC1. The van der Waals surface area contributed by atoms with E-state index < -0.39 is 71.8 Å². The van der Waals surface area contributed by atoms with Gasteiger partial charge in [-0.1, -0.05) is 50.2 Å². The zero-order chi connectivity index (χ0) is 89.3. The van der Waals surface area contributed by atoms with E-state index in [1.165, 1.54) is 97.9 Å². The van der Waals surface area contributed by atoms with Crippen LogP contribution in [-0.2, 0) is 25.8 Å². The standard InChI is InChI=1S/C32H34F2N6O4.C26H25F2N7O2.C18H21N3O5.C14H15F2N3/c1-31(2,3)44-30(42)39(16-19-5-6-19)25-15-20(11-14-35-25)29-37-24(18-43-29)28(41)36-23-17-40(38-26(23)27(33)34)22-9-7-21(8-10-22)32(4)12-13-32;27-23(28)22-19(13-35(34-22)18-5-3-17(4-6-18)26(29)8-9-26)32-24(36)20-14-37-25(33-20)16-7-10-30-21(11-16)31-12-15-1-2-15;1-18(2,3)26-17(24)21(9-11-4-5-11)14-8-12(6-7-19-14)15-20-13(10-25-15)16(22)23;1-14(6-7-14)9-2-4-10(5-3-9)19-8-11(17)12(18-19)13(15)16/h7-11,14-15,17-19,27H,5-6,12-13,16H2,1-4H3,(H,36,41);3-7,10-11,13-15,23H,1-2,8-9,12,29H2,(H,30,31)(H,32,36);6-8,10-11H,4-5,9H2,1-3H3,(H,22,23);2-5,8,13H,6-7,17H2,1H3. The van der Waals surface area contributed by atoms with Crippen LogP contribution < -0.4 is 37.2 Å². The van der Waals surface area contributed by atoms with Crippen molar-refractivity contribution in [3.05, 3.63) is 216 Å². The molecular formula is C90H95F6N19O11. The van der Waals surface area contributed by atoms with Gasteiger partial charge in [-0.25, -0.2) is 84.7 Å². The number of rotatable bonds is 26. The van der Waals surface area contributed by atoms with E-state index >= 15 is 0 Å². The van der Waals surface area contributed by atoms with E-state index in [4.69, 9.17) is 39.3 Å². The van der Waals surface area contributed by atoms with Crippen LogP contribution in [0.5, 0.6) is 0 Å². The third-order valence-electron chi connectivity index (χ3n) is 22.0. The second kappa shape index (κ2) is 35.6. The summed E-state index contributed by atoms with van der Waals surface area (Å²) >= 11 is 0. The Kier molecular flexibility index (Phi) is 24.7. The molecule has 30 nitrogen and oxygen atoms in total. The molecule has 8 N–H and O–H groups in total. The van der Waals surface area contributed by atoms with Gasteiger partial charge in [-0.15, -0.1) is 0 Å². The largest absolute Gasteiger partial charge is 0.476 e. The highest BCUT2D eigenvalue weighted by Gasteiger charge is 2.42. The maximum atomic E-state index is 13.9. The second-order valence-electron chi connectivity index (χ2n) is 34.9. The molecule has 36 heteroatoms. The molecule has 126 heavy (non-hydrogen) atoms. The number of pyridine rings is 3. The Labute approximate surface area is 719 Å². The quantitative estimate of drug-likeness (QED) is 0.0274. The number of nitrogens with two attached hydrogens (primary N) is 2. The second-order valence-corrected chi connectivity index (χ2v) is 34.9. The van der Waals surface area contributed by atoms with E-state index in [1.807, 2.05) is 81.4 Å². The molecule has 3 aromatic carbocycles. The van der Waals surface area contributed by atoms with E-state index in [2.05, 4.69) is 75.0 Å². The van der Waals surface area contributed by atoms with Gasteiger partial charge in [0.25, 0.3) is 31.1 Å². The summed E-state index contributed by atoms with van der Waals surface area (Å²) in [5, 5.41) is 29.1. The van der Waals surface area contributed by atoms with Gasteiger partial charge in [0.15, 0.2) is 34.2 Å². The van der Waals surface area contributed by atoms with Crippen molar-refractivity contribution in [2.75, 3.05) is 51.1 Å². The van der Waals surface area contributed by atoms with Crippen LogP contribution in [0.1, 0.15) is 217 Å². The first-order valence-corrected chi connectivity index (χ1v) is 41.4.